The van der Waals surface area contributed by atoms with Gasteiger partial charge < -0.3 is 14.9 Å². The lowest BCUT2D eigenvalue weighted by Gasteiger charge is -2.13. The Morgan fingerprint density at radius 3 is 2.96 bits per heavy atom. The predicted octanol–water partition coefficient (Wildman–Crippen LogP) is 2.10. The van der Waals surface area contributed by atoms with Crippen molar-refractivity contribution in [3.05, 3.63) is 22.7 Å². The summed E-state index contributed by atoms with van der Waals surface area (Å²) in [5.74, 6) is 0.00542. The number of nitrogens with one attached hydrogen (secondary N) is 1. The van der Waals surface area contributed by atoms with Crippen LogP contribution in [0.4, 0.5) is 0 Å². The van der Waals surface area contributed by atoms with Gasteiger partial charge in [0.2, 0.25) is 17.6 Å². The summed E-state index contributed by atoms with van der Waals surface area (Å²) in [7, 11) is 0. The molecule has 122 valence electrons. The predicted molar refractivity (Wildman–Crippen MR) is 82.8 cm³/mol. The maximum Gasteiger partial charge on any atom is 0.326 e. The molecule has 1 saturated carbocycles. The van der Waals surface area contributed by atoms with Crippen molar-refractivity contribution in [1.29, 1.82) is 0 Å². The molecule has 7 nitrogen and oxygen atoms in total. The van der Waals surface area contributed by atoms with Crippen LogP contribution in [0.15, 0.2) is 21.3 Å². The first-order valence-electron chi connectivity index (χ1n) is 7.49. The minimum Gasteiger partial charge on any atom is -0.480 e. The van der Waals surface area contributed by atoms with Gasteiger partial charge >= 0.3 is 5.97 Å². The molecular formula is C15H17N3O4S. The van der Waals surface area contributed by atoms with Gasteiger partial charge in [0.1, 0.15) is 6.04 Å². The molecule has 1 amide bonds. The number of carbonyl (C=O) groups is 2. The van der Waals surface area contributed by atoms with Crippen LogP contribution in [-0.2, 0) is 16.0 Å². The second-order valence-electron chi connectivity index (χ2n) is 5.66. The van der Waals surface area contributed by atoms with Crippen LogP contribution >= 0.6 is 11.3 Å². The zero-order chi connectivity index (χ0) is 16.2. The van der Waals surface area contributed by atoms with Crippen molar-refractivity contribution in [3.8, 4) is 11.4 Å². The Morgan fingerprint density at radius 2 is 2.30 bits per heavy atom. The van der Waals surface area contributed by atoms with E-state index in [1.807, 2.05) is 16.8 Å². The van der Waals surface area contributed by atoms with Gasteiger partial charge in [0.05, 0.1) is 0 Å². The van der Waals surface area contributed by atoms with E-state index in [1.165, 1.54) is 11.3 Å². The maximum atomic E-state index is 11.9. The minimum absolute atomic E-state index is 0.125. The Bertz CT molecular complexity index is 679. The van der Waals surface area contributed by atoms with E-state index in [0.29, 0.717) is 30.5 Å². The number of amides is 1. The lowest BCUT2D eigenvalue weighted by Crippen LogP contribution is -2.41. The van der Waals surface area contributed by atoms with E-state index in [9.17, 15) is 9.59 Å². The molecule has 1 fully saturated rings. The third kappa shape index (κ3) is 4.38. The number of hydrogen-bond acceptors (Lipinski definition) is 6. The average molecular weight is 335 g/mol. The summed E-state index contributed by atoms with van der Waals surface area (Å²) in [5, 5.41) is 19.4. The number of carboxylic acid groups (broad SMARTS) is 1. The quantitative estimate of drug-likeness (QED) is 0.765. The largest absolute Gasteiger partial charge is 0.480 e. The van der Waals surface area contributed by atoms with Crippen LogP contribution in [0.25, 0.3) is 11.4 Å². The van der Waals surface area contributed by atoms with E-state index in [0.717, 1.165) is 18.4 Å². The van der Waals surface area contributed by atoms with E-state index in [-0.39, 0.29) is 12.3 Å². The van der Waals surface area contributed by atoms with Crippen LogP contribution < -0.4 is 5.32 Å². The van der Waals surface area contributed by atoms with Gasteiger partial charge in [-0.1, -0.05) is 18.0 Å². The fraction of sp³-hybridized carbons (Fsp3) is 0.467. The molecule has 0 bridgehead atoms. The van der Waals surface area contributed by atoms with E-state index >= 15 is 0 Å². The topological polar surface area (TPSA) is 105 Å². The molecule has 0 aliphatic heterocycles. The lowest BCUT2D eigenvalue weighted by atomic mass is 10.1. The molecule has 23 heavy (non-hydrogen) atoms. The Kier molecular flexibility index (Phi) is 4.71. The highest BCUT2D eigenvalue weighted by atomic mass is 32.1. The fourth-order valence-corrected chi connectivity index (χ4v) is 2.90. The molecule has 2 heterocycles. The molecule has 0 aromatic carbocycles. The Labute approximate surface area is 136 Å². The van der Waals surface area contributed by atoms with Gasteiger partial charge in [0.25, 0.3) is 0 Å². The molecular weight excluding hydrogens is 318 g/mol. The molecule has 1 aliphatic carbocycles. The molecule has 2 aromatic rings. The summed E-state index contributed by atoms with van der Waals surface area (Å²) >= 11 is 1.54. The monoisotopic (exact) mass is 335 g/mol. The zero-order valence-corrected chi connectivity index (χ0v) is 13.2. The van der Waals surface area contributed by atoms with E-state index in [2.05, 4.69) is 15.5 Å². The van der Waals surface area contributed by atoms with Crippen molar-refractivity contribution < 1.29 is 19.2 Å². The smallest absolute Gasteiger partial charge is 0.326 e. The second kappa shape index (κ2) is 6.91. The Balaban J connectivity index is 1.49. The molecule has 3 rings (SSSR count). The molecule has 1 unspecified atom stereocenters. The van der Waals surface area contributed by atoms with Crippen molar-refractivity contribution in [2.24, 2.45) is 5.92 Å². The molecule has 2 N–H and O–H groups in total. The summed E-state index contributed by atoms with van der Waals surface area (Å²) < 4.78 is 5.11. The zero-order valence-electron chi connectivity index (χ0n) is 12.4. The van der Waals surface area contributed by atoms with Gasteiger partial charge in [0, 0.05) is 23.8 Å². The van der Waals surface area contributed by atoms with Crippen molar-refractivity contribution in [1.82, 2.24) is 15.5 Å². The first kappa shape index (κ1) is 15.7. The van der Waals surface area contributed by atoms with E-state index < -0.39 is 12.0 Å². The van der Waals surface area contributed by atoms with Crippen molar-refractivity contribution in [2.45, 2.75) is 38.1 Å². The highest BCUT2D eigenvalue weighted by Crippen LogP contribution is 2.33. The number of nitrogens with zero attached hydrogens (tertiary/aromatic N) is 2. The van der Waals surface area contributed by atoms with Crippen LogP contribution in [0.1, 0.15) is 31.6 Å². The lowest BCUT2D eigenvalue weighted by molar-refractivity contribution is -0.142. The van der Waals surface area contributed by atoms with Gasteiger partial charge in [-0.3, -0.25) is 4.79 Å². The number of carboxylic acids is 1. The van der Waals surface area contributed by atoms with Crippen LogP contribution in [0, 0.1) is 5.92 Å². The molecule has 2 aromatic heterocycles. The summed E-state index contributed by atoms with van der Waals surface area (Å²) in [6.45, 7) is 0. The van der Waals surface area contributed by atoms with Gasteiger partial charge in [-0.05, 0) is 23.8 Å². The number of rotatable bonds is 8. The number of aromatic nitrogens is 2. The molecule has 1 atom stereocenters. The third-order valence-electron chi connectivity index (χ3n) is 3.71. The highest BCUT2D eigenvalue weighted by Gasteiger charge is 2.30. The number of thiophene rings is 1. The summed E-state index contributed by atoms with van der Waals surface area (Å²) in [6.07, 6.45) is 3.02. The van der Waals surface area contributed by atoms with Crippen LogP contribution in [0.2, 0.25) is 0 Å². The standard InChI is InChI=1S/C15H17N3O4S/c19-12(16-11(15(20)21)7-9-1-2-9)3-4-13-17-14(18-22-13)10-5-6-23-8-10/h5-6,8-9,11H,1-4,7H2,(H,16,19)(H,20,21). The Hall–Kier alpha value is -2.22. The molecule has 1 aliphatic rings. The van der Waals surface area contributed by atoms with E-state index in [4.69, 9.17) is 9.63 Å². The SMILES string of the molecule is O=C(CCc1nc(-c2ccsc2)no1)NC(CC1CC1)C(=O)O. The first-order valence-corrected chi connectivity index (χ1v) is 8.43. The van der Waals surface area contributed by atoms with Crippen LogP contribution in [0.5, 0.6) is 0 Å². The van der Waals surface area contributed by atoms with Gasteiger partial charge in [-0.2, -0.15) is 16.3 Å². The van der Waals surface area contributed by atoms with Gasteiger partial charge in [-0.25, -0.2) is 4.79 Å². The van der Waals surface area contributed by atoms with Crippen LogP contribution in [-0.4, -0.2) is 33.2 Å². The minimum atomic E-state index is -0.984. The van der Waals surface area contributed by atoms with Crippen LogP contribution in [0.3, 0.4) is 0 Å². The average Bonchev–Trinajstić information content (AvgIpc) is 3.02. The summed E-state index contributed by atoms with van der Waals surface area (Å²) in [5.41, 5.74) is 0.879. The summed E-state index contributed by atoms with van der Waals surface area (Å²) in [4.78, 5) is 27.3. The van der Waals surface area contributed by atoms with Gasteiger partial charge in [0.15, 0.2) is 0 Å². The van der Waals surface area contributed by atoms with E-state index in [1.54, 1.807) is 0 Å². The molecule has 8 heteroatoms. The number of aliphatic carboxylic acids is 1. The normalized spacial score (nSPS) is 15.3. The van der Waals surface area contributed by atoms with Crippen molar-refractivity contribution >= 4 is 23.2 Å². The van der Waals surface area contributed by atoms with Crippen molar-refractivity contribution in [3.63, 3.8) is 0 Å². The summed E-state index contributed by atoms with van der Waals surface area (Å²) in [6, 6.07) is 1.08. The number of hydrogen-bond donors (Lipinski definition) is 2. The number of aryl methyl sites for hydroxylation is 1. The molecule has 0 spiro atoms. The van der Waals surface area contributed by atoms with Gasteiger partial charge in [-0.15, -0.1) is 0 Å². The first-order chi connectivity index (χ1) is 11.1. The fourth-order valence-electron chi connectivity index (χ4n) is 2.26. The number of carbonyl (C=O) groups excluding carboxylic acids is 1. The molecule has 0 radical (unpaired) electrons. The second-order valence-corrected chi connectivity index (χ2v) is 6.44. The third-order valence-corrected chi connectivity index (χ3v) is 4.40. The molecule has 0 saturated heterocycles. The maximum absolute atomic E-state index is 11.9. The highest BCUT2D eigenvalue weighted by molar-refractivity contribution is 7.08. The van der Waals surface area contributed by atoms with Crippen molar-refractivity contribution in [2.75, 3.05) is 0 Å². The Morgan fingerprint density at radius 1 is 1.48 bits per heavy atom.